The fraction of sp³-hybridized carbons (Fsp3) is 0.714. The molecule has 3 nitrogen and oxygen atoms in total. The highest BCUT2D eigenvalue weighted by atomic mass is 16.8. The van der Waals surface area contributed by atoms with Crippen molar-refractivity contribution in [3.8, 4) is 0 Å². The normalized spacial score (nSPS) is 31.3. The minimum atomic E-state index is -0.509. The Morgan fingerprint density at radius 2 is 2.30 bits per heavy atom. The maximum absolute atomic E-state index is 5.26. The van der Waals surface area contributed by atoms with Crippen LogP contribution in [0.25, 0.3) is 0 Å². The van der Waals surface area contributed by atoms with E-state index in [1.165, 1.54) is 0 Å². The van der Waals surface area contributed by atoms with E-state index in [4.69, 9.17) is 14.2 Å². The smallest absolute Gasteiger partial charge is 0.277 e. The van der Waals surface area contributed by atoms with E-state index in [2.05, 4.69) is 0 Å². The molecule has 1 aliphatic heterocycles. The average molecular weight is 144 g/mol. The van der Waals surface area contributed by atoms with Crippen LogP contribution >= 0.6 is 0 Å². The molecule has 0 aromatic carbocycles. The van der Waals surface area contributed by atoms with Crippen LogP contribution < -0.4 is 0 Å². The molecule has 0 saturated carbocycles. The predicted octanol–water partition coefficient (Wildman–Crippen LogP) is 1.26. The summed E-state index contributed by atoms with van der Waals surface area (Å²) in [5.74, 6) is 0.0371. The second kappa shape index (κ2) is 2.50. The molecule has 0 aliphatic carbocycles. The molecule has 3 heteroatoms. The van der Waals surface area contributed by atoms with Gasteiger partial charge in [-0.05, 0) is 0 Å². The van der Waals surface area contributed by atoms with Crippen molar-refractivity contribution in [3.05, 3.63) is 12.0 Å². The third kappa shape index (κ3) is 1.24. The molecule has 1 atom stereocenters. The first-order valence-corrected chi connectivity index (χ1v) is 3.18. The first-order valence-electron chi connectivity index (χ1n) is 3.18. The molecule has 0 radical (unpaired) electrons. The van der Waals surface area contributed by atoms with Gasteiger partial charge in [-0.3, -0.25) is 0 Å². The largest absolute Gasteiger partial charge is 0.469 e. The Kier molecular flexibility index (Phi) is 1.85. The summed E-state index contributed by atoms with van der Waals surface area (Å²) >= 11 is 0. The summed E-state index contributed by atoms with van der Waals surface area (Å²) in [6.45, 7) is 1.87. The summed E-state index contributed by atoms with van der Waals surface area (Å²) in [7, 11) is 3.19. The number of hydrogen-bond acceptors (Lipinski definition) is 3. The molecule has 10 heavy (non-hydrogen) atoms. The van der Waals surface area contributed by atoms with Gasteiger partial charge in [0.05, 0.1) is 7.11 Å². The lowest BCUT2D eigenvalue weighted by Crippen LogP contribution is -2.25. The number of methoxy groups -OCH3 is 2. The van der Waals surface area contributed by atoms with Crippen molar-refractivity contribution >= 4 is 0 Å². The monoisotopic (exact) mass is 144 g/mol. The Morgan fingerprint density at radius 1 is 1.60 bits per heavy atom. The number of hydrogen-bond donors (Lipinski definition) is 0. The zero-order valence-corrected chi connectivity index (χ0v) is 6.51. The quantitative estimate of drug-likeness (QED) is 0.584. The molecule has 1 unspecified atom stereocenters. The second-order valence-electron chi connectivity index (χ2n) is 2.37. The van der Waals surface area contributed by atoms with Crippen molar-refractivity contribution in [3.63, 3.8) is 0 Å². The van der Waals surface area contributed by atoms with Crippen LogP contribution in [0, 0.1) is 0 Å². The first-order chi connectivity index (χ1) is 4.70. The second-order valence-corrected chi connectivity index (χ2v) is 2.37. The molecular formula is C7H12O3. The van der Waals surface area contributed by atoms with Gasteiger partial charge in [0.25, 0.3) is 5.95 Å². The Labute approximate surface area is 60.6 Å². The fourth-order valence-electron chi connectivity index (χ4n) is 0.815. The van der Waals surface area contributed by atoms with Gasteiger partial charge in [0, 0.05) is 26.5 Å². The average Bonchev–Trinajstić information content (AvgIpc) is 2.33. The van der Waals surface area contributed by atoms with Crippen LogP contribution in [0.2, 0.25) is 0 Å². The van der Waals surface area contributed by atoms with Gasteiger partial charge < -0.3 is 14.2 Å². The molecule has 58 valence electrons. The Hall–Kier alpha value is -0.700. The van der Waals surface area contributed by atoms with E-state index in [9.17, 15) is 0 Å². The Bertz CT molecular complexity index is 153. The summed E-state index contributed by atoms with van der Waals surface area (Å²) in [5, 5.41) is 0. The van der Waals surface area contributed by atoms with Crippen molar-refractivity contribution in [2.75, 3.05) is 14.2 Å². The predicted molar refractivity (Wildman–Crippen MR) is 36.2 cm³/mol. The third-order valence-corrected chi connectivity index (χ3v) is 1.59. The molecule has 0 saturated heterocycles. The molecule has 0 amide bonds. The highest BCUT2D eigenvalue weighted by molar-refractivity contribution is 4.96. The lowest BCUT2D eigenvalue weighted by Gasteiger charge is -2.22. The van der Waals surface area contributed by atoms with Crippen LogP contribution in [-0.4, -0.2) is 20.0 Å². The summed E-state index contributed by atoms with van der Waals surface area (Å²) in [4.78, 5) is 0. The van der Waals surface area contributed by atoms with Crippen molar-refractivity contribution in [2.24, 2.45) is 0 Å². The fourth-order valence-corrected chi connectivity index (χ4v) is 0.815. The van der Waals surface area contributed by atoms with Crippen LogP contribution in [0.4, 0.5) is 0 Å². The summed E-state index contributed by atoms with van der Waals surface area (Å²) < 4.78 is 15.2. The van der Waals surface area contributed by atoms with Crippen molar-refractivity contribution in [2.45, 2.75) is 19.1 Å². The van der Waals surface area contributed by atoms with Gasteiger partial charge in [0.2, 0.25) is 5.79 Å². The minimum Gasteiger partial charge on any atom is -0.469 e. The molecule has 0 aromatic heterocycles. The summed E-state index contributed by atoms with van der Waals surface area (Å²) in [5.41, 5.74) is 0. The zero-order valence-electron chi connectivity index (χ0n) is 6.51. The molecule has 0 bridgehead atoms. The maximum atomic E-state index is 5.26. The van der Waals surface area contributed by atoms with Gasteiger partial charge in [-0.25, -0.2) is 0 Å². The molecule has 0 aromatic rings. The van der Waals surface area contributed by atoms with Gasteiger partial charge in [-0.2, -0.15) is 0 Å². The molecule has 0 spiro atoms. The summed E-state index contributed by atoms with van der Waals surface area (Å²) in [6, 6.07) is 0. The highest BCUT2D eigenvalue weighted by Gasteiger charge is 2.31. The van der Waals surface area contributed by atoms with Crippen molar-refractivity contribution in [1.82, 2.24) is 0 Å². The molecule has 1 aliphatic rings. The number of rotatable bonds is 2. The molecule has 0 fully saturated rings. The van der Waals surface area contributed by atoms with E-state index in [0.717, 1.165) is 6.42 Å². The minimum absolute atomic E-state index is 0.509. The van der Waals surface area contributed by atoms with E-state index in [-0.39, 0.29) is 0 Å². The highest BCUT2D eigenvalue weighted by Crippen LogP contribution is 2.28. The van der Waals surface area contributed by atoms with Crippen LogP contribution in [0.1, 0.15) is 13.3 Å². The van der Waals surface area contributed by atoms with Crippen molar-refractivity contribution in [1.29, 1.82) is 0 Å². The molecule has 0 N–H and O–H groups in total. The van der Waals surface area contributed by atoms with Gasteiger partial charge in [-0.15, -0.1) is 0 Å². The van der Waals surface area contributed by atoms with Gasteiger partial charge >= 0.3 is 0 Å². The zero-order chi connectivity index (χ0) is 7.61. The third-order valence-electron chi connectivity index (χ3n) is 1.59. The molecule has 1 rings (SSSR count). The van der Waals surface area contributed by atoms with Crippen LogP contribution in [0.3, 0.4) is 0 Å². The lowest BCUT2D eigenvalue weighted by molar-refractivity contribution is -0.191. The SMILES string of the molecule is COC1=CCC(C)(OC)O1. The van der Waals surface area contributed by atoms with E-state index in [0.29, 0.717) is 5.95 Å². The molecular weight excluding hydrogens is 132 g/mol. The van der Waals surface area contributed by atoms with Crippen molar-refractivity contribution < 1.29 is 14.2 Å². The van der Waals surface area contributed by atoms with E-state index >= 15 is 0 Å². The van der Waals surface area contributed by atoms with E-state index < -0.39 is 5.79 Å². The van der Waals surface area contributed by atoms with Gasteiger partial charge in [0.1, 0.15) is 0 Å². The topological polar surface area (TPSA) is 27.7 Å². The van der Waals surface area contributed by atoms with Crippen LogP contribution in [0.5, 0.6) is 0 Å². The maximum Gasteiger partial charge on any atom is 0.277 e. The standard InChI is InChI=1S/C7H12O3/c1-7(9-3)5-4-6(8-2)10-7/h4H,5H2,1-3H3. The van der Waals surface area contributed by atoms with Crippen LogP contribution in [-0.2, 0) is 14.2 Å². The van der Waals surface area contributed by atoms with Crippen LogP contribution in [0.15, 0.2) is 12.0 Å². The Balaban J connectivity index is 2.49. The number of ether oxygens (including phenoxy) is 3. The first kappa shape index (κ1) is 7.41. The Morgan fingerprint density at radius 3 is 2.60 bits per heavy atom. The van der Waals surface area contributed by atoms with E-state index in [1.807, 2.05) is 13.0 Å². The molecule has 1 heterocycles. The lowest BCUT2D eigenvalue weighted by atomic mass is 10.2. The van der Waals surface area contributed by atoms with Gasteiger partial charge in [-0.1, -0.05) is 0 Å². The van der Waals surface area contributed by atoms with Gasteiger partial charge in [0.15, 0.2) is 0 Å². The van der Waals surface area contributed by atoms with E-state index in [1.54, 1.807) is 14.2 Å². The summed E-state index contributed by atoms with van der Waals surface area (Å²) in [6.07, 6.45) is 2.61.